The van der Waals surface area contributed by atoms with Crippen molar-refractivity contribution in [3.05, 3.63) is 65.7 Å². The largest absolute Gasteiger partial charge is 0.497 e. The van der Waals surface area contributed by atoms with Crippen LogP contribution in [0.15, 0.2) is 54.6 Å². The first-order valence-corrected chi connectivity index (χ1v) is 7.24. The van der Waals surface area contributed by atoms with Gasteiger partial charge >= 0.3 is 0 Å². The van der Waals surface area contributed by atoms with Crippen molar-refractivity contribution < 1.29 is 14.3 Å². The molecular weight excluding hydrogens is 294 g/mol. The van der Waals surface area contributed by atoms with E-state index in [4.69, 9.17) is 4.74 Å². The number of benzene rings is 2. The Kier molecular flexibility index (Phi) is 4.25. The Hall–Kier alpha value is -2.86. The van der Waals surface area contributed by atoms with E-state index in [1.165, 1.54) is 0 Å². The second-order valence-electron chi connectivity index (χ2n) is 5.20. The van der Waals surface area contributed by atoms with E-state index in [1.807, 2.05) is 30.3 Å². The smallest absolute Gasteiger partial charge is 0.258 e. The number of hydrazine groups is 1. The van der Waals surface area contributed by atoms with Crippen LogP contribution in [-0.4, -0.2) is 25.0 Å². The lowest BCUT2D eigenvalue weighted by atomic mass is 10.00. The third-order valence-corrected chi connectivity index (χ3v) is 3.76. The van der Waals surface area contributed by atoms with Gasteiger partial charge in [-0.1, -0.05) is 30.3 Å². The van der Waals surface area contributed by atoms with Gasteiger partial charge in [-0.3, -0.25) is 15.0 Å². The van der Waals surface area contributed by atoms with Gasteiger partial charge in [-0.25, -0.2) is 5.43 Å². The van der Waals surface area contributed by atoms with Crippen molar-refractivity contribution in [1.82, 2.24) is 16.2 Å². The molecule has 1 aliphatic heterocycles. The molecule has 2 aromatic carbocycles. The van der Waals surface area contributed by atoms with Crippen LogP contribution in [0.4, 0.5) is 0 Å². The van der Waals surface area contributed by atoms with Gasteiger partial charge in [0.25, 0.3) is 11.8 Å². The molecule has 6 heteroatoms. The summed E-state index contributed by atoms with van der Waals surface area (Å²) in [7, 11) is 1.59. The molecule has 6 nitrogen and oxygen atoms in total. The van der Waals surface area contributed by atoms with E-state index < -0.39 is 6.04 Å². The highest BCUT2D eigenvalue weighted by atomic mass is 16.5. The van der Waals surface area contributed by atoms with Crippen LogP contribution in [0, 0.1) is 0 Å². The van der Waals surface area contributed by atoms with E-state index >= 15 is 0 Å². The van der Waals surface area contributed by atoms with Crippen molar-refractivity contribution in [1.29, 1.82) is 0 Å². The molecule has 0 bridgehead atoms. The fourth-order valence-electron chi connectivity index (χ4n) is 2.51. The van der Waals surface area contributed by atoms with E-state index in [1.54, 1.807) is 31.4 Å². The number of amides is 2. The van der Waals surface area contributed by atoms with Crippen molar-refractivity contribution in [3.8, 4) is 5.75 Å². The minimum Gasteiger partial charge on any atom is -0.497 e. The molecule has 23 heavy (non-hydrogen) atoms. The van der Waals surface area contributed by atoms with Gasteiger partial charge in [0.1, 0.15) is 11.8 Å². The molecule has 0 spiro atoms. The Morgan fingerprint density at radius 1 is 1.09 bits per heavy atom. The average molecular weight is 311 g/mol. The maximum atomic E-state index is 12.3. The van der Waals surface area contributed by atoms with Crippen LogP contribution in [-0.2, 0) is 4.79 Å². The maximum Gasteiger partial charge on any atom is 0.258 e. The number of hydrogen-bond acceptors (Lipinski definition) is 4. The number of rotatable bonds is 4. The number of carbonyl (C=O) groups is 2. The van der Waals surface area contributed by atoms with Crippen LogP contribution in [0.2, 0.25) is 0 Å². The van der Waals surface area contributed by atoms with Crippen LogP contribution < -0.4 is 20.9 Å². The van der Waals surface area contributed by atoms with Crippen molar-refractivity contribution >= 4 is 11.8 Å². The first-order valence-electron chi connectivity index (χ1n) is 7.24. The minimum absolute atomic E-state index is 0.268. The quantitative estimate of drug-likeness (QED) is 0.792. The lowest BCUT2D eigenvalue weighted by molar-refractivity contribution is -0.121. The van der Waals surface area contributed by atoms with E-state index in [9.17, 15) is 9.59 Å². The highest BCUT2D eigenvalue weighted by Crippen LogP contribution is 2.23. The van der Waals surface area contributed by atoms with Crippen LogP contribution in [0.1, 0.15) is 22.0 Å². The van der Waals surface area contributed by atoms with E-state index in [-0.39, 0.29) is 17.9 Å². The fraction of sp³-hybridized carbons (Fsp3) is 0.176. The summed E-state index contributed by atoms with van der Waals surface area (Å²) in [5.41, 5.74) is 6.87. The molecule has 1 fully saturated rings. The standard InChI is InChI=1S/C17H17N3O3/c1-23-13-9-7-11(8-10-13)14-15(17(22)20-19-14)18-16(21)12-5-3-2-4-6-12/h2-10,14-15,19H,1H3,(H,18,21)(H,20,22)/t14-,15-/m1/s1. The summed E-state index contributed by atoms with van der Waals surface area (Å²) in [6, 6.07) is 15.1. The third-order valence-electron chi connectivity index (χ3n) is 3.76. The minimum atomic E-state index is -0.684. The highest BCUT2D eigenvalue weighted by molar-refractivity contribution is 5.98. The Balaban J connectivity index is 1.78. The van der Waals surface area contributed by atoms with Crippen molar-refractivity contribution in [2.45, 2.75) is 12.1 Å². The van der Waals surface area contributed by atoms with Gasteiger partial charge in [-0.15, -0.1) is 0 Å². The Labute approximate surface area is 133 Å². The van der Waals surface area contributed by atoms with E-state index in [0.717, 1.165) is 11.3 Å². The van der Waals surface area contributed by atoms with Gasteiger partial charge in [-0.2, -0.15) is 0 Å². The lowest BCUT2D eigenvalue weighted by Gasteiger charge is -2.18. The van der Waals surface area contributed by atoms with Gasteiger partial charge in [0.2, 0.25) is 0 Å². The normalized spacial score (nSPS) is 20.0. The molecule has 118 valence electrons. The first kappa shape index (κ1) is 15.1. The molecule has 0 unspecified atom stereocenters. The van der Waals surface area contributed by atoms with Gasteiger partial charge < -0.3 is 10.1 Å². The topological polar surface area (TPSA) is 79.5 Å². The van der Waals surface area contributed by atoms with Gasteiger partial charge in [0.05, 0.1) is 13.2 Å². The molecular formula is C17H17N3O3. The zero-order chi connectivity index (χ0) is 16.2. The van der Waals surface area contributed by atoms with E-state index in [2.05, 4.69) is 16.2 Å². The summed E-state index contributed by atoms with van der Waals surface area (Å²) in [4.78, 5) is 24.3. The predicted molar refractivity (Wildman–Crippen MR) is 84.7 cm³/mol. The number of nitrogens with one attached hydrogen (secondary N) is 3. The van der Waals surface area contributed by atoms with Crippen molar-refractivity contribution in [2.24, 2.45) is 0 Å². The van der Waals surface area contributed by atoms with Crippen LogP contribution >= 0.6 is 0 Å². The van der Waals surface area contributed by atoms with Gasteiger partial charge in [0, 0.05) is 5.56 Å². The Bertz CT molecular complexity index is 701. The zero-order valence-corrected chi connectivity index (χ0v) is 12.6. The molecule has 0 aromatic heterocycles. The number of methoxy groups -OCH3 is 1. The van der Waals surface area contributed by atoms with Crippen molar-refractivity contribution in [3.63, 3.8) is 0 Å². The summed E-state index contributed by atoms with van der Waals surface area (Å²) in [6.45, 7) is 0. The maximum absolute atomic E-state index is 12.3. The molecule has 3 rings (SSSR count). The third kappa shape index (κ3) is 3.17. The molecule has 0 saturated carbocycles. The summed E-state index contributed by atoms with van der Waals surface area (Å²) < 4.78 is 5.13. The summed E-state index contributed by atoms with van der Waals surface area (Å²) in [5.74, 6) is 0.180. The zero-order valence-electron chi connectivity index (χ0n) is 12.6. The van der Waals surface area contributed by atoms with Crippen molar-refractivity contribution in [2.75, 3.05) is 7.11 Å². The Morgan fingerprint density at radius 3 is 2.43 bits per heavy atom. The second-order valence-corrected chi connectivity index (χ2v) is 5.20. The van der Waals surface area contributed by atoms with Crippen LogP contribution in [0.3, 0.4) is 0 Å². The SMILES string of the molecule is COc1ccc([C@H]2NNC(=O)[C@@H]2NC(=O)c2ccccc2)cc1. The molecule has 0 aliphatic carbocycles. The number of ether oxygens (including phenoxy) is 1. The highest BCUT2D eigenvalue weighted by Gasteiger charge is 2.36. The monoisotopic (exact) mass is 311 g/mol. The second kappa shape index (κ2) is 6.50. The Morgan fingerprint density at radius 2 is 1.78 bits per heavy atom. The van der Waals surface area contributed by atoms with Crippen LogP contribution in [0.25, 0.3) is 0 Å². The summed E-state index contributed by atoms with van der Waals surface area (Å²) >= 11 is 0. The predicted octanol–water partition coefficient (Wildman–Crippen LogP) is 1.17. The average Bonchev–Trinajstić information content (AvgIpc) is 2.96. The first-order chi connectivity index (χ1) is 11.2. The molecule has 1 aliphatic rings. The molecule has 2 aromatic rings. The lowest BCUT2D eigenvalue weighted by Crippen LogP contribution is -2.42. The summed E-state index contributed by atoms with van der Waals surface area (Å²) in [5, 5.41) is 2.78. The molecule has 2 atom stereocenters. The molecule has 3 N–H and O–H groups in total. The number of hydrogen-bond donors (Lipinski definition) is 3. The molecule has 1 heterocycles. The molecule has 0 radical (unpaired) electrons. The fourth-order valence-corrected chi connectivity index (χ4v) is 2.51. The molecule has 2 amide bonds. The summed E-state index contributed by atoms with van der Waals surface area (Å²) in [6.07, 6.45) is 0. The van der Waals surface area contributed by atoms with Gasteiger partial charge in [-0.05, 0) is 29.8 Å². The van der Waals surface area contributed by atoms with E-state index in [0.29, 0.717) is 5.56 Å². The van der Waals surface area contributed by atoms with Crippen LogP contribution in [0.5, 0.6) is 5.75 Å². The van der Waals surface area contributed by atoms with Gasteiger partial charge in [0.15, 0.2) is 0 Å². The molecule has 1 saturated heterocycles. The number of carbonyl (C=O) groups excluding carboxylic acids is 2.